The van der Waals surface area contributed by atoms with Crippen LogP contribution in [0.1, 0.15) is 60.6 Å². The topological polar surface area (TPSA) is 60.2 Å². The maximum atomic E-state index is 11.6. The number of hydrogen-bond acceptors (Lipinski definition) is 6. The van der Waals surface area contributed by atoms with E-state index in [1.54, 1.807) is 18.3 Å². The van der Waals surface area contributed by atoms with Gasteiger partial charge < -0.3 is 4.74 Å². The number of thiophene rings is 1. The van der Waals surface area contributed by atoms with Crippen molar-refractivity contribution in [2.75, 3.05) is 20.2 Å². The van der Waals surface area contributed by atoms with E-state index in [4.69, 9.17) is 4.74 Å². The maximum absolute atomic E-state index is 11.6. The van der Waals surface area contributed by atoms with E-state index in [0.29, 0.717) is 17.8 Å². The number of ether oxygens (including phenoxy) is 1. The van der Waals surface area contributed by atoms with Gasteiger partial charge in [-0.1, -0.05) is 19.1 Å². The minimum atomic E-state index is 0.159. The summed E-state index contributed by atoms with van der Waals surface area (Å²) in [7, 11) is 1.82. The molecule has 1 saturated heterocycles. The number of fused-ring (bicyclic) bond motifs is 1. The third kappa shape index (κ3) is 4.62. The number of Topliss-reactive ketones (excluding diaryl/α,β-unsaturated/α-hetero) is 1. The van der Waals surface area contributed by atoms with Gasteiger partial charge in [0.05, 0.1) is 22.7 Å². The van der Waals surface area contributed by atoms with E-state index in [0.717, 1.165) is 49.5 Å². The second-order valence-electron chi connectivity index (χ2n) is 9.19. The van der Waals surface area contributed by atoms with Crippen LogP contribution in [-0.4, -0.2) is 52.0 Å². The molecule has 3 heterocycles. The van der Waals surface area contributed by atoms with Gasteiger partial charge in [0.1, 0.15) is 0 Å². The number of hydrogen-bond donors (Lipinski definition) is 0. The van der Waals surface area contributed by atoms with E-state index >= 15 is 0 Å². The quantitative estimate of drug-likeness (QED) is 0.642. The van der Waals surface area contributed by atoms with Crippen LogP contribution >= 0.6 is 11.3 Å². The Morgan fingerprint density at radius 2 is 2.07 bits per heavy atom. The van der Waals surface area contributed by atoms with Crippen LogP contribution < -0.4 is 0 Å². The standard InChI is InChI=1S/C22H32N4O2S/c1-14(2)5-19-12-26(24-23-19)20-7-17-10-25(11-18(17)8-21(20)28-4)9-16-6-22(15(3)27)29-13-16/h6,12-14,17-18,20-21H,5,7-11H2,1-4H3/t17-,18+,20-,21-/m1/s1. The molecule has 6 nitrogen and oxygen atoms in total. The van der Waals surface area contributed by atoms with Crippen LogP contribution in [0.4, 0.5) is 0 Å². The average Bonchev–Trinajstić information content (AvgIpc) is 3.39. The molecule has 0 N–H and O–H groups in total. The molecular weight excluding hydrogens is 384 g/mol. The molecule has 0 radical (unpaired) electrons. The third-order valence-electron chi connectivity index (χ3n) is 6.39. The normalized spacial score (nSPS) is 27.5. The molecule has 1 saturated carbocycles. The van der Waals surface area contributed by atoms with Crippen molar-refractivity contribution >= 4 is 17.1 Å². The molecule has 2 fully saturated rings. The van der Waals surface area contributed by atoms with E-state index in [1.807, 2.05) is 7.11 Å². The van der Waals surface area contributed by atoms with Gasteiger partial charge in [-0.05, 0) is 60.9 Å². The number of rotatable bonds is 7. The van der Waals surface area contributed by atoms with Crippen LogP contribution in [0.2, 0.25) is 0 Å². The highest BCUT2D eigenvalue weighted by Gasteiger charge is 2.43. The molecule has 4 atom stereocenters. The van der Waals surface area contributed by atoms with Crippen LogP contribution in [0.25, 0.3) is 0 Å². The predicted octanol–water partition coefficient (Wildman–Crippen LogP) is 3.84. The summed E-state index contributed by atoms with van der Waals surface area (Å²) in [6.45, 7) is 9.21. The fraction of sp³-hybridized carbons (Fsp3) is 0.682. The fourth-order valence-corrected chi connectivity index (χ4v) is 5.84. The smallest absolute Gasteiger partial charge is 0.169 e. The number of aromatic nitrogens is 3. The SMILES string of the molecule is CO[C@@H]1C[C@H]2CN(Cc3csc(C(C)=O)c3)C[C@H]2C[C@H]1n1cc(CC(C)C)nn1. The third-order valence-corrected chi connectivity index (χ3v) is 7.46. The van der Waals surface area contributed by atoms with Crippen molar-refractivity contribution in [2.45, 2.75) is 58.7 Å². The van der Waals surface area contributed by atoms with Crippen LogP contribution in [0.15, 0.2) is 17.6 Å². The Bertz CT molecular complexity index is 845. The van der Waals surface area contributed by atoms with E-state index in [2.05, 4.69) is 51.4 Å². The van der Waals surface area contributed by atoms with Gasteiger partial charge >= 0.3 is 0 Å². The highest BCUT2D eigenvalue weighted by Crippen LogP contribution is 2.42. The molecule has 2 aromatic heterocycles. The molecule has 158 valence electrons. The molecule has 1 aliphatic heterocycles. The number of ketones is 1. The Morgan fingerprint density at radius 1 is 1.31 bits per heavy atom. The van der Waals surface area contributed by atoms with Gasteiger partial charge in [-0.3, -0.25) is 9.69 Å². The highest BCUT2D eigenvalue weighted by atomic mass is 32.1. The van der Waals surface area contributed by atoms with Crippen molar-refractivity contribution in [3.8, 4) is 0 Å². The Hall–Kier alpha value is -1.57. The molecule has 0 unspecified atom stereocenters. The van der Waals surface area contributed by atoms with Crippen molar-refractivity contribution in [1.29, 1.82) is 0 Å². The molecular formula is C22H32N4O2S. The van der Waals surface area contributed by atoms with E-state index in [-0.39, 0.29) is 17.9 Å². The highest BCUT2D eigenvalue weighted by molar-refractivity contribution is 7.12. The minimum Gasteiger partial charge on any atom is -0.379 e. The van der Waals surface area contributed by atoms with Crippen molar-refractivity contribution in [1.82, 2.24) is 19.9 Å². The van der Waals surface area contributed by atoms with Crippen LogP contribution in [0, 0.1) is 17.8 Å². The average molecular weight is 417 g/mol. The van der Waals surface area contributed by atoms with E-state index in [1.165, 1.54) is 5.56 Å². The van der Waals surface area contributed by atoms with Gasteiger partial charge in [0.15, 0.2) is 5.78 Å². The van der Waals surface area contributed by atoms with Gasteiger partial charge in [-0.15, -0.1) is 16.4 Å². The molecule has 0 spiro atoms. The Labute approximate surface area is 177 Å². The summed E-state index contributed by atoms with van der Waals surface area (Å²) in [5.41, 5.74) is 2.33. The second kappa shape index (κ2) is 8.66. The molecule has 29 heavy (non-hydrogen) atoms. The fourth-order valence-electron chi connectivity index (χ4n) is 5.04. The van der Waals surface area contributed by atoms with Gasteiger partial charge in [-0.25, -0.2) is 4.68 Å². The first-order valence-corrected chi connectivity index (χ1v) is 11.5. The summed E-state index contributed by atoms with van der Waals surface area (Å²) in [6, 6.07) is 2.32. The lowest BCUT2D eigenvalue weighted by atomic mass is 9.77. The summed E-state index contributed by atoms with van der Waals surface area (Å²) in [4.78, 5) is 15.0. The summed E-state index contributed by atoms with van der Waals surface area (Å²) < 4.78 is 7.96. The van der Waals surface area contributed by atoms with Crippen LogP contribution in [-0.2, 0) is 17.7 Å². The molecule has 1 aliphatic carbocycles. The zero-order valence-corrected chi connectivity index (χ0v) is 18.7. The summed E-state index contributed by atoms with van der Waals surface area (Å²) >= 11 is 1.56. The number of methoxy groups -OCH3 is 1. The Kier molecular flexibility index (Phi) is 6.18. The summed E-state index contributed by atoms with van der Waals surface area (Å²) in [5.74, 6) is 2.07. The molecule has 0 aromatic carbocycles. The molecule has 4 rings (SSSR count). The molecule has 2 aliphatic rings. The van der Waals surface area contributed by atoms with E-state index in [9.17, 15) is 4.79 Å². The summed E-state index contributed by atoms with van der Waals surface area (Å²) in [6.07, 6.45) is 5.44. The predicted molar refractivity (Wildman–Crippen MR) is 114 cm³/mol. The van der Waals surface area contributed by atoms with Gasteiger partial charge in [0, 0.05) is 32.9 Å². The molecule has 7 heteroatoms. The first-order chi connectivity index (χ1) is 13.9. The number of nitrogens with zero attached hydrogens (tertiary/aromatic N) is 4. The number of carbonyl (C=O) groups is 1. The largest absolute Gasteiger partial charge is 0.379 e. The lowest BCUT2D eigenvalue weighted by Gasteiger charge is -2.37. The monoisotopic (exact) mass is 416 g/mol. The van der Waals surface area contributed by atoms with Crippen molar-refractivity contribution in [2.24, 2.45) is 17.8 Å². The van der Waals surface area contributed by atoms with Crippen molar-refractivity contribution in [3.63, 3.8) is 0 Å². The van der Waals surface area contributed by atoms with Gasteiger partial charge in [0.2, 0.25) is 0 Å². The van der Waals surface area contributed by atoms with Gasteiger partial charge in [-0.2, -0.15) is 0 Å². The first-order valence-electron chi connectivity index (χ1n) is 10.7. The molecule has 0 amide bonds. The zero-order valence-electron chi connectivity index (χ0n) is 17.9. The molecule has 2 aromatic rings. The van der Waals surface area contributed by atoms with Crippen molar-refractivity contribution in [3.05, 3.63) is 33.8 Å². The lowest BCUT2D eigenvalue weighted by Crippen LogP contribution is -2.37. The van der Waals surface area contributed by atoms with E-state index < -0.39 is 0 Å². The van der Waals surface area contributed by atoms with Crippen LogP contribution in [0.5, 0.6) is 0 Å². The first kappa shape index (κ1) is 20.7. The second-order valence-corrected chi connectivity index (χ2v) is 10.1. The van der Waals surface area contributed by atoms with Crippen LogP contribution in [0.3, 0.4) is 0 Å². The Balaban J connectivity index is 1.42. The maximum Gasteiger partial charge on any atom is 0.169 e. The molecule has 0 bridgehead atoms. The summed E-state index contributed by atoms with van der Waals surface area (Å²) in [5, 5.41) is 11.0. The van der Waals surface area contributed by atoms with Gasteiger partial charge in [0.25, 0.3) is 0 Å². The number of carbonyl (C=O) groups excluding carboxylic acids is 1. The zero-order chi connectivity index (χ0) is 20.5. The Morgan fingerprint density at radius 3 is 2.72 bits per heavy atom. The minimum absolute atomic E-state index is 0.159. The van der Waals surface area contributed by atoms with Crippen molar-refractivity contribution < 1.29 is 9.53 Å². The number of likely N-dealkylation sites (tertiary alicyclic amines) is 1. The lowest BCUT2D eigenvalue weighted by molar-refractivity contribution is -0.00546.